The highest BCUT2D eigenvalue weighted by Crippen LogP contribution is 2.31. The number of carbonyl (C=O) groups is 1. The molecule has 25 heavy (non-hydrogen) atoms. The molecule has 1 unspecified atom stereocenters. The van der Waals surface area contributed by atoms with Gasteiger partial charge in [0, 0.05) is 18.3 Å². The lowest BCUT2D eigenvalue weighted by Crippen LogP contribution is -2.33. The van der Waals surface area contributed by atoms with Gasteiger partial charge in [-0.25, -0.2) is 0 Å². The summed E-state index contributed by atoms with van der Waals surface area (Å²) in [6.45, 7) is 0.487. The largest absolute Gasteiger partial charge is 0.368 e. The molecule has 128 valence electrons. The van der Waals surface area contributed by atoms with Gasteiger partial charge < -0.3 is 10.2 Å². The van der Waals surface area contributed by atoms with Crippen molar-refractivity contribution in [1.29, 1.82) is 0 Å². The van der Waals surface area contributed by atoms with Gasteiger partial charge in [0.15, 0.2) is 0 Å². The summed E-state index contributed by atoms with van der Waals surface area (Å²) in [5.41, 5.74) is 0.0416. The third-order valence-corrected chi connectivity index (χ3v) is 3.99. The fraction of sp³-hybridized carbons (Fsp3) is 0.188. The fourth-order valence-corrected chi connectivity index (χ4v) is 2.77. The van der Waals surface area contributed by atoms with Crippen molar-refractivity contribution >= 4 is 28.7 Å². The van der Waals surface area contributed by atoms with Gasteiger partial charge >= 0.3 is 0 Å². The zero-order valence-corrected chi connectivity index (χ0v) is 13.0. The molecular formula is C16H14N4O5. The van der Waals surface area contributed by atoms with Gasteiger partial charge in [0.25, 0.3) is 11.4 Å². The van der Waals surface area contributed by atoms with Crippen LogP contribution in [0.5, 0.6) is 0 Å². The Kier molecular flexibility index (Phi) is 4.29. The highest BCUT2D eigenvalue weighted by Gasteiger charge is 2.34. The van der Waals surface area contributed by atoms with Crippen LogP contribution < -0.4 is 10.2 Å². The summed E-state index contributed by atoms with van der Waals surface area (Å²) >= 11 is 0. The molecule has 1 fully saturated rings. The molecule has 0 bridgehead atoms. The number of amides is 1. The number of rotatable bonds is 5. The van der Waals surface area contributed by atoms with Crippen LogP contribution in [0.2, 0.25) is 0 Å². The van der Waals surface area contributed by atoms with E-state index in [1.54, 1.807) is 4.90 Å². The highest BCUT2D eigenvalue weighted by atomic mass is 16.6. The maximum absolute atomic E-state index is 12.6. The van der Waals surface area contributed by atoms with Crippen molar-refractivity contribution in [2.45, 2.75) is 12.5 Å². The van der Waals surface area contributed by atoms with Gasteiger partial charge in [-0.1, -0.05) is 18.2 Å². The summed E-state index contributed by atoms with van der Waals surface area (Å²) in [6, 6.07) is 11.8. The predicted octanol–water partition coefficient (Wildman–Crippen LogP) is 2.72. The fourth-order valence-electron chi connectivity index (χ4n) is 2.77. The molecule has 1 aliphatic heterocycles. The number of nitro groups is 2. The number of nitrogens with zero attached hydrogens (tertiary/aromatic N) is 3. The molecule has 1 N–H and O–H groups in total. The third kappa shape index (κ3) is 3.25. The molecule has 1 aliphatic rings. The van der Waals surface area contributed by atoms with E-state index in [4.69, 9.17) is 0 Å². The molecule has 1 saturated heterocycles. The van der Waals surface area contributed by atoms with E-state index in [2.05, 4.69) is 5.32 Å². The minimum Gasteiger partial charge on any atom is -0.368 e. The van der Waals surface area contributed by atoms with Gasteiger partial charge in [-0.05, 0) is 24.6 Å². The summed E-state index contributed by atoms with van der Waals surface area (Å²) in [5, 5.41) is 24.8. The average molecular weight is 342 g/mol. The average Bonchev–Trinajstić information content (AvgIpc) is 2.96. The van der Waals surface area contributed by atoms with Crippen LogP contribution in [0.4, 0.5) is 22.7 Å². The monoisotopic (exact) mass is 342 g/mol. The molecule has 9 nitrogen and oxygen atoms in total. The number of carbonyl (C=O) groups excluding carboxylic acids is 1. The van der Waals surface area contributed by atoms with E-state index >= 15 is 0 Å². The van der Waals surface area contributed by atoms with Gasteiger partial charge in [0.2, 0.25) is 5.91 Å². The highest BCUT2D eigenvalue weighted by molar-refractivity contribution is 6.01. The Morgan fingerprint density at radius 2 is 1.76 bits per heavy atom. The summed E-state index contributed by atoms with van der Waals surface area (Å²) in [5.74, 6) is -0.196. The van der Waals surface area contributed by atoms with Gasteiger partial charge in [0.05, 0.1) is 15.9 Å². The Labute approximate surface area is 142 Å². The van der Waals surface area contributed by atoms with E-state index in [9.17, 15) is 25.0 Å². The molecule has 1 heterocycles. The number of benzene rings is 2. The zero-order valence-electron chi connectivity index (χ0n) is 13.0. The van der Waals surface area contributed by atoms with Crippen molar-refractivity contribution in [3.8, 4) is 0 Å². The summed E-state index contributed by atoms with van der Waals surface area (Å²) in [4.78, 5) is 34.7. The SMILES string of the molecule is O=C1C(Nc2ccc([N+](=O)[O-])cc2[N+](=O)[O-])CCN1c1ccccc1. The van der Waals surface area contributed by atoms with Crippen LogP contribution in [0.15, 0.2) is 48.5 Å². The Bertz CT molecular complexity index is 840. The first kappa shape index (κ1) is 16.4. The summed E-state index contributed by atoms with van der Waals surface area (Å²) in [6.07, 6.45) is 0.474. The Balaban J connectivity index is 1.82. The van der Waals surface area contributed by atoms with Crippen molar-refractivity contribution in [2.24, 2.45) is 0 Å². The maximum atomic E-state index is 12.6. The quantitative estimate of drug-likeness (QED) is 0.659. The molecule has 0 aromatic heterocycles. The number of anilines is 2. The summed E-state index contributed by atoms with van der Waals surface area (Å²) in [7, 11) is 0. The second kappa shape index (κ2) is 6.56. The van der Waals surface area contributed by atoms with Crippen molar-refractivity contribution in [2.75, 3.05) is 16.8 Å². The Morgan fingerprint density at radius 3 is 2.40 bits per heavy atom. The molecule has 9 heteroatoms. The lowest BCUT2D eigenvalue weighted by Gasteiger charge is -2.17. The first-order valence-corrected chi connectivity index (χ1v) is 7.53. The zero-order chi connectivity index (χ0) is 18.0. The molecule has 0 saturated carbocycles. The lowest BCUT2D eigenvalue weighted by atomic mass is 10.2. The van der Waals surface area contributed by atoms with E-state index in [0.29, 0.717) is 13.0 Å². The van der Waals surface area contributed by atoms with Crippen LogP contribution >= 0.6 is 0 Å². The van der Waals surface area contributed by atoms with Crippen molar-refractivity contribution in [1.82, 2.24) is 0 Å². The molecular weight excluding hydrogens is 328 g/mol. The molecule has 0 spiro atoms. The van der Waals surface area contributed by atoms with E-state index < -0.39 is 21.6 Å². The lowest BCUT2D eigenvalue weighted by molar-refractivity contribution is -0.393. The van der Waals surface area contributed by atoms with Gasteiger partial charge in [-0.3, -0.25) is 25.0 Å². The molecule has 1 amide bonds. The molecule has 2 aromatic rings. The molecule has 0 aliphatic carbocycles. The van der Waals surface area contributed by atoms with Crippen LogP contribution in [-0.2, 0) is 4.79 Å². The smallest absolute Gasteiger partial charge is 0.299 e. The number of nitro benzene ring substituents is 2. The van der Waals surface area contributed by atoms with E-state index in [0.717, 1.165) is 11.8 Å². The molecule has 2 aromatic carbocycles. The minimum atomic E-state index is -0.705. The first-order chi connectivity index (χ1) is 12.0. The molecule has 1 atom stereocenters. The van der Waals surface area contributed by atoms with Crippen molar-refractivity contribution < 1.29 is 14.6 Å². The standard InChI is InChI=1S/C16H14N4O5/c21-16-14(8-9-18(16)11-4-2-1-3-5-11)17-13-7-6-12(19(22)23)10-15(13)20(24)25/h1-7,10,14,17H,8-9H2. The van der Waals surface area contributed by atoms with E-state index in [1.807, 2.05) is 30.3 Å². The predicted molar refractivity (Wildman–Crippen MR) is 90.6 cm³/mol. The topological polar surface area (TPSA) is 119 Å². The minimum absolute atomic E-state index is 0.0869. The van der Waals surface area contributed by atoms with Crippen LogP contribution in [0, 0.1) is 20.2 Å². The second-order valence-corrected chi connectivity index (χ2v) is 5.53. The number of hydrogen-bond donors (Lipinski definition) is 1. The van der Waals surface area contributed by atoms with Gasteiger partial charge in [-0.2, -0.15) is 0 Å². The van der Waals surface area contributed by atoms with Gasteiger partial charge in [0.1, 0.15) is 11.7 Å². The first-order valence-electron chi connectivity index (χ1n) is 7.53. The molecule has 3 rings (SSSR count). The number of non-ortho nitro benzene ring substituents is 1. The van der Waals surface area contributed by atoms with Crippen LogP contribution in [0.3, 0.4) is 0 Å². The van der Waals surface area contributed by atoms with Crippen molar-refractivity contribution in [3.05, 3.63) is 68.8 Å². The number of hydrogen-bond acceptors (Lipinski definition) is 6. The van der Waals surface area contributed by atoms with Crippen LogP contribution in [0.25, 0.3) is 0 Å². The van der Waals surface area contributed by atoms with E-state index in [-0.39, 0.29) is 17.3 Å². The van der Waals surface area contributed by atoms with Crippen molar-refractivity contribution in [3.63, 3.8) is 0 Å². The maximum Gasteiger partial charge on any atom is 0.299 e. The van der Waals surface area contributed by atoms with Gasteiger partial charge in [-0.15, -0.1) is 0 Å². The number of para-hydroxylation sites is 1. The Hall–Kier alpha value is -3.49. The van der Waals surface area contributed by atoms with Crippen LogP contribution in [0.1, 0.15) is 6.42 Å². The Morgan fingerprint density at radius 1 is 1.04 bits per heavy atom. The van der Waals surface area contributed by atoms with Crippen LogP contribution in [-0.4, -0.2) is 28.3 Å². The molecule has 0 radical (unpaired) electrons. The number of nitrogens with one attached hydrogen (secondary N) is 1. The third-order valence-electron chi connectivity index (χ3n) is 3.99. The second-order valence-electron chi connectivity index (χ2n) is 5.53. The summed E-state index contributed by atoms with van der Waals surface area (Å²) < 4.78 is 0. The van der Waals surface area contributed by atoms with E-state index in [1.165, 1.54) is 12.1 Å². The normalized spacial score (nSPS) is 16.7.